The molecular formula is C32H34N2O4. The van der Waals surface area contributed by atoms with Crippen molar-refractivity contribution in [3.8, 4) is 5.75 Å². The average molecular weight is 511 g/mol. The van der Waals surface area contributed by atoms with E-state index >= 15 is 0 Å². The van der Waals surface area contributed by atoms with E-state index in [-0.39, 0.29) is 6.42 Å². The second-order valence-electron chi connectivity index (χ2n) is 10.7. The summed E-state index contributed by atoms with van der Waals surface area (Å²) in [6, 6.07) is 25.2. The van der Waals surface area contributed by atoms with Crippen molar-refractivity contribution >= 4 is 23.3 Å². The van der Waals surface area contributed by atoms with Gasteiger partial charge in [-0.25, -0.2) is 0 Å². The lowest BCUT2D eigenvalue weighted by atomic mass is 9.84. The predicted molar refractivity (Wildman–Crippen MR) is 147 cm³/mol. The number of ether oxygens (including phenoxy) is 1. The Bertz CT molecular complexity index is 1280. The molecule has 0 radical (unpaired) electrons. The molecule has 0 bridgehead atoms. The summed E-state index contributed by atoms with van der Waals surface area (Å²) in [4.78, 5) is 39.0. The zero-order valence-corrected chi connectivity index (χ0v) is 21.7. The number of ketones is 1. The topological polar surface area (TPSA) is 84.5 Å². The molecule has 2 N–H and O–H groups in total. The Labute approximate surface area is 223 Å². The van der Waals surface area contributed by atoms with Gasteiger partial charge in [-0.15, -0.1) is 0 Å². The van der Waals surface area contributed by atoms with Crippen LogP contribution in [0.5, 0.6) is 5.75 Å². The zero-order chi connectivity index (χ0) is 26.5. The van der Waals surface area contributed by atoms with Gasteiger partial charge in [0, 0.05) is 12.1 Å². The quantitative estimate of drug-likeness (QED) is 0.388. The Hall–Kier alpha value is -3.93. The van der Waals surface area contributed by atoms with Crippen LogP contribution in [0.2, 0.25) is 0 Å². The Balaban J connectivity index is 1.18. The normalized spacial score (nSPS) is 21.7. The van der Waals surface area contributed by atoms with Gasteiger partial charge >= 0.3 is 0 Å². The first-order chi connectivity index (χ1) is 18.4. The molecule has 2 amide bonds. The average Bonchev–Trinajstić information content (AvgIpc) is 3.16. The van der Waals surface area contributed by atoms with Gasteiger partial charge in [0.1, 0.15) is 17.9 Å². The van der Waals surface area contributed by atoms with E-state index in [1.54, 1.807) is 6.92 Å². The summed E-state index contributed by atoms with van der Waals surface area (Å²) in [5.41, 5.74) is 2.66. The summed E-state index contributed by atoms with van der Waals surface area (Å²) in [7, 11) is 0. The van der Waals surface area contributed by atoms with E-state index in [0.717, 1.165) is 16.9 Å². The van der Waals surface area contributed by atoms with Crippen LogP contribution in [-0.4, -0.2) is 23.1 Å². The molecule has 5 rings (SSSR count). The maximum Gasteiger partial charge on any atom is 0.244 e. The second-order valence-corrected chi connectivity index (χ2v) is 10.7. The molecule has 196 valence electrons. The highest BCUT2D eigenvalue weighted by Gasteiger charge is 2.52. The predicted octanol–water partition coefficient (Wildman–Crippen LogP) is 5.57. The van der Waals surface area contributed by atoms with Crippen LogP contribution in [0.15, 0.2) is 78.9 Å². The van der Waals surface area contributed by atoms with E-state index < -0.39 is 29.1 Å². The molecule has 1 aliphatic carbocycles. The van der Waals surface area contributed by atoms with Gasteiger partial charge in [-0.2, -0.15) is 0 Å². The van der Waals surface area contributed by atoms with Crippen molar-refractivity contribution in [2.75, 3.05) is 5.32 Å². The summed E-state index contributed by atoms with van der Waals surface area (Å²) in [6.45, 7) is 2.14. The molecule has 1 heterocycles. The monoisotopic (exact) mass is 510 g/mol. The Morgan fingerprint density at radius 1 is 0.895 bits per heavy atom. The SMILES string of the molecule is CC1(Cc2ccc(OCc3ccccc3)cc2)NC(=O)C(C(=O)Nc2ccc(C3CCCCC3)cc2)C1=O. The minimum Gasteiger partial charge on any atom is -0.489 e. The number of carbonyl (C=O) groups excluding carboxylic acids is 3. The molecule has 0 spiro atoms. The summed E-state index contributed by atoms with van der Waals surface area (Å²) < 4.78 is 5.84. The molecule has 2 fully saturated rings. The lowest BCUT2D eigenvalue weighted by Crippen LogP contribution is -2.45. The summed E-state index contributed by atoms with van der Waals surface area (Å²) in [6.07, 6.45) is 6.50. The summed E-state index contributed by atoms with van der Waals surface area (Å²) in [5.74, 6) is -1.64. The fourth-order valence-corrected chi connectivity index (χ4v) is 5.55. The highest BCUT2D eigenvalue weighted by atomic mass is 16.5. The first-order valence-corrected chi connectivity index (χ1v) is 13.4. The molecule has 1 aliphatic heterocycles. The second kappa shape index (κ2) is 11.2. The fourth-order valence-electron chi connectivity index (χ4n) is 5.55. The summed E-state index contributed by atoms with van der Waals surface area (Å²) in [5, 5.41) is 5.55. The van der Waals surface area contributed by atoms with Crippen molar-refractivity contribution in [1.29, 1.82) is 0 Å². The molecule has 6 heteroatoms. The Kier molecular flexibility index (Phi) is 7.59. The molecule has 2 aliphatic rings. The van der Waals surface area contributed by atoms with Gasteiger partial charge in [-0.1, -0.05) is 73.9 Å². The first kappa shape index (κ1) is 25.7. The minimum absolute atomic E-state index is 0.288. The van der Waals surface area contributed by atoms with Crippen LogP contribution < -0.4 is 15.4 Å². The van der Waals surface area contributed by atoms with E-state index in [1.807, 2.05) is 78.9 Å². The van der Waals surface area contributed by atoms with E-state index in [2.05, 4.69) is 10.6 Å². The van der Waals surface area contributed by atoms with Crippen molar-refractivity contribution in [2.45, 2.75) is 63.5 Å². The van der Waals surface area contributed by atoms with Gasteiger partial charge in [0.05, 0.1) is 0 Å². The van der Waals surface area contributed by atoms with E-state index in [4.69, 9.17) is 4.74 Å². The smallest absolute Gasteiger partial charge is 0.244 e. The fraction of sp³-hybridized carbons (Fsp3) is 0.344. The lowest BCUT2D eigenvalue weighted by molar-refractivity contribution is -0.135. The van der Waals surface area contributed by atoms with Crippen LogP contribution in [0.4, 0.5) is 5.69 Å². The van der Waals surface area contributed by atoms with Crippen LogP contribution in [0.3, 0.4) is 0 Å². The van der Waals surface area contributed by atoms with Gasteiger partial charge in [0.2, 0.25) is 11.8 Å². The van der Waals surface area contributed by atoms with Crippen molar-refractivity contribution in [2.24, 2.45) is 5.92 Å². The van der Waals surface area contributed by atoms with Gasteiger partial charge in [-0.05, 0) is 66.6 Å². The van der Waals surface area contributed by atoms with E-state index in [9.17, 15) is 14.4 Å². The number of hydrogen-bond acceptors (Lipinski definition) is 4. The maximum atomic E-state index is 13.3. The lowest BCUT2D eigenvalue weighted by Gasteiger charge is -2.23. The first-order valence-electron chi connectivity index (χ1n) is 13.4. The van der Waals surface area contributed by atoms with Crippen molar-refractivity contribution in [1.82, 2.24) is 5.32 Å². The molecule has 38 heavy (non-hydrogen) atoms. The Morgan fingerprint density at radius 2 is 1.58 bits per heavy atom. The van der Waals surface area contributed by atoms with Gasteiger partial charge in [0.25, 0.3) is 0 Å². The largest absolute Gasteiger partial charge is 0.489 e. The molecule has 1 saturated carbocycles. The molecule has 2 unspecified atom stereocenters. The van der Waals surface area contributed by atoms with Gasteiger partial charge in [0.15, 0.2) is 11.7 Å². The standard InChI is InChI=1S/C32H34N2O4/c1-32(20-22-12-18-27(19-13-22)38-21-23-8-4-2-5-9-23)29(35)28(31(37)34-32)30(36)33-26-16-14-25(15-17-26)24-10-6-3-7-11-24/h2,4-5,8-9,12-19,24,28H,3,6-7,10-11,20-21H2,1H3,(H,33,36)(H,34,37). The maximum absolute atomic E-state index is 13.3. The van der Waals surface area contributed by atoms with E-state index in [0.29, 0.717) is 18.2 Å². The number of benzene rings is 3. The third kappa shape index (κ3) is 5.80. The number of rotatable bonds is 8. The zero-order valence-electron chi connectivity index (χ0n) is 21.7. The molecule has 2 atom stereocenters. The van der Waals surface area contributed by atoms with Crippen LogP contribution in [0, 0.1) is 5.92 Å². The molecule has 1 saturated heterocycles. The van der Waals surface area contributed by atoms with Crippen LogP contribution in [0.25, 0.3) is 0 Å². The van der Waals surface area contributed by atoms with Crippen molar-refractivity contribution in [3.05, 3.63) is 95.6 Å². The molecular weight excluding hydrogens is 476 g/mol. The number of carbonyl (C=O) groups is 3. The third-order valence-corrected chi connectivity index (χ3v) is 7.71. The number of amides is 2. The summed E-state index contributed by atoms with van der Waals surface area (Å²) >= 11 is 0. The van der Waals surface area contributed by atoms with Gasteiger partial charge < -0.3 is 15.4 Å². The third-order valence-electron chi connectivity index (χ3n) is 7.71. The molecule has 6 nitrogen and oxygen atoms in total. The molecule has 3 aromatic carbocycles. The van der Waals surface area contributed by atoms with Crippen LogP contribution in [-0.2, 0) is 27.4 Å². The molecule has 3 aromatic rings. The minimum atomic E-state index is -1.37. The van der Waals surface area contributed by atoms with Crippen LogP contribution in [0.1, 0.15) is 61.6 Å². The van der Waals surface area contributed by atoms with Crippen LogP contribution >= 0.6 is 0 Å². The van der Waals surface area contributed by atoms with Gasteiger partial charge in [-0.3, -0.25) is 14.4 Å². The number of hydrogen-bond donors (Lipinski definition) is 2. The highest BCUT2D eigenvalue weighted by molar-refractivity contribution is 6.27. The Morgan fingerprint density at radius 3 is 2.26 bits per heavy atom. The number of nitrogens with one attached hydrogen (secondary N) is 2. The number of Topliss-reactive ketones (excluding diaryl/α,β-unsaturated/α-hetero) is 1. The molecule has 0 aromatic heterocycles. The number of anilines is 1. The highest BCUT2D eigenvalue weighted by Crippen LogP contribution is 2.33. The van der Waals surface area contributed by atoms with Crippen molar-refractivity contribution < 1.29 is 19.1 Å². The van der Waals surface area contributed by atoms with E-state index in [1.165, 1.54) is 37.7 Å². The van der Waals surface area contributed by atoms with Crippen molar-refractivity contribution in [3.63, 3.8) is 0 Å².